The van der Waals surface area contributed by atoms with Gasteiger partial charge in [0.2, 0.25) is 0 Å². The Morgan fingerprint density at radius 2 is 2.33 bits per heavy atom. The van der Waals surface area contributed by atoms with Crippen LogP contribution in [0.4, 0.5) is 5.13 Å². The van der Waals surface area contributed by atoms with Crippen LogP contribution in [0.2, 0.25) is 0 Å². The van der Waals surface area contributed by atoms with E-state index in [9.17, 15) is 4.79 Å². The first-order chi connectivity index (χ1) is 10.3. The Morgan fingerprint density at radius 1 is 1.48 bits per heavy atom. The second-order valence-electron chi connectivity index (χ2n) is 5.53. The molecule has 2 aliphatic rings. The molecule has 1 amide bonds. The molecule has 2 fully saturated rings. The monoisotopic (exact) mass is 310 g/mol. The fourth-order valence-corrected chi connectivity index (χ4v) is 3.41. The molecule has 0 radical (unpaired) electrons. The Bertz CT molecular complexity index is 467. The highest BCUT2D eigenvalue weighted by molar-refractivity contribution is 7.13. The molecule has 2 N–H and O–H groups in total. The van der Waals surface area contributed by atoms with Gasteiger partial charge in [0.25, 0.3) is 5.91 Å². The Kier molecular flexibility index (Phi) is 5.18. The number of piperidine rings is 1. The van der Waals surface area contributed by atoms with Crippen LogP contribution in [0.25, 0.3) is 0 Å². The van der Waals surface area contributed by atoms with Crippen LogP contribution < -0.4 is 10.6 Å². The van der Waals surface area contributed by atoms with Crippen LogP contribution in [0.1, 0.15) is 25.0 Å². The summed E-state index contributed by atoms with van der Waals surface area (Å²) in [7, 11) is 0. The molecule has 1 aromatic rings. The molecular weight excluding hydrogens is 288 g/mol. The summed E-state index contributed by atoms with van der Waals surface area (Å²) in [5.41, 5.74) is 1.04. The molecule has 0 saturated carbocycles. The van der Waals surface area contributed by atoms with E-state index in [4.69, 9.17) is 4.74 Å². The number of morpholine rings is 1. The number of nitrogens with one attached hydrogen (secondary N) is 2. The third-order valence-corrected chi connectivity index (χ3v) is 4.64. The van der Waals surface area contributed by atoms with Crippen LogP contribution >= 0.6 is 11.3 Å². The lowest BCUT2D eigenvalue weighted by Gasteiger charge is -2.25. The summed E-state index contributed by atoms with van der Waals surface area (Å²) in [6.07, 6.45) is 3.48. The van der Waals surface area contributed by atoms with Crippen molar-refractivity contribution in [2.75, 3.05) is 38.1 Å². The van der Waals surface area contributed by atoms with Crippen molar-refractivity contribution in [1.29, 1.82) is 0 Å². The first kappa shape index (κ1) is 14.9. The van der Waals surface area contributed by atoms with Gasteiger partial charge in [0.1, 0.15) is 6.10 Å². The number of aromatic nitrogens is 1. The van der Waals surface area contributed by atoms with Crippen molar-refractivity contribution in [2.24, 2.45) is 0 Å². The van der Waals surface area contributed by atoms with Gasteiger partial charge in [0.05, 0.1) is 12.3 Å². The van der Waals surface area contributed by atoms with Crippen molar-refractivity contribution in [1.82, 2.24) is 15.2 Å². The SMILES string of the molecule is O=C(Nc1nc(CN2CCCCC2)cs1)[C@H]1CNCCO1. The molecule has 1 atom stereocenters. The van der Waals surface area contributed by atoms with Crippen LogP contribution in [0.3, 0.4) is 0 Å². The maximum atomic E-state index is 12.0. The van der Waals surface area contributed by atoms with Crippen LogP contribution in [0.15, 0.2) is 5.38 Å². The number of rotatable bonds is 4. The van der Waals surface area contributed by atoms with Gasteiger partial charge >= 0.3 is 0 Å². The van der Waals surface area contributed by atoms with Gasteiger partial charge in [-0.2, -0.15) is 0 Å². The number of anilines is 1. The fourth-order valence-electron chi connectivity index (χ4n) is 2.70. The average molecular weight is 310 g/mol. The minimum atomic E-state index is -0.409. The lowest BCUT2D eigenvalue weighted by atomic mass is 10.1. The summed E-state index contributed by atoms with van der Waals surface area (Å²) in [4.78, 5) is 19.0. The smallest absolute Gasteiger partial charge is 0.256 e. The third-order valence-electron chi connectivity index (χ3n) is 3.84. The van der Waals surface area contributed by atoms with E-state index in [0.717, 1.165) is 31.9 Å². The first-order valence-corrected chi connectivity index (χ1v) is 8.49. The van der Waals surface area contributed by atoms with Crippen molar-refractivity contribution in [3.8, 4) is 0 Å². The van der Waals surface area contributed by atoms with Gasteiger partial charge in [-0.05, 0) is 25.9 Å². The largest absolute Gasteiger partial charge is 0.366 e. The zero-order valence-electron chi connectivity index (χ0n) is 12.1. The molecule has 0 spiro atoms. The molecule has 0 aliphatic carbocycles. The second kappa shape index (κ2) is 7.31. The molecule has 0 bridgehead atoms. The molecule has 2 saturated heterocycles. The summed E-state index contributed by atoms with van der Waals surface area (Å²) < 4.78 is 5.43. The summed E-state index contributed by atoms with van der Waals surface area (Å²) >= 11 is 1.48. The van der Waals surface area contributed by atoms with Gasteiger partial charge < -0.3 is 10.1 Å². The molecule has 0 aromatic carbocycles. The molecule has 21 heavy (non-hydrogen) atoms. The molecule has 6 nitrogen and oxygen atoms in total. The number of carbonyl (C=O) groups is 1. The average Bonchev–Trinajstić information content (AvgIpc) is 2.96. The summed E-state index contributed by atoms with van der Waals surface area (Å²) in [6.45, 7) is 5.14. The van der Waals surface area contributed by atoms with Gasteiger partial charge in [-0.1, -0.05) is 6.42 Å². The predicted molar refractivity (Wildman–Crippen MR) is 82.5 cm³/mol. The Balaban J connectivity index is 1.50. The molecule has 7 heteroatoms. The normalized spacial score (nSPS) is 23.9. The Labute approximate surface area is 128 Å². The van der Waals surface area contributed by atoms with Crippen molar-refractivity contribution < 1.29 is 9.53 Å². The van der Waals surface area contributed by atoms with E-state index in [-0.39, 0.29) is 5.91 Å². The number of nitrogens with zero attached hydrogens (tertiary/aromatic N) is 2. The van der Waals surface area contributed by atoms with E-state index in [2.05, 4.69) is 20.5 Å². The molecule has 116 valence electrons. The fraction of sp³-hybridized carbons (Fsp3) is 0.714. The van der Waals surface area contributed by atoms with Crippen molar-refractivity contribution in [2.45, 2.75) is 31.9 Å². The van der Waals surface area contributed by atoms with Gasteiger partial charge in [-0.15, -0.1) is 11.3 Å². The van der Waals surface area contributed by atoms with E-state index < -0.39 is 6.10 Å². The number of carbonyl (C=O) groups excluding carboxylic acids is 1. The van der Waals surface area contributed by atoms with Crippen molar-refractivity contribution in [3.63, 3.8) is 0 Å². The van der Waals surface area contributed by atoms with Crippen molar-refractivity contribution >= 4 is 22.4 Å². The van der Waals surface area contributed by atoms with Gasteiger partial charge in [0, 0.05) is 25.0 Å². The zero-order valence-corrected chi connectivity index (χ0v) is 13.0. The van der Waals surface area contributed by atoms with Gasteiger partial charge in [-0.25, -0.2) is 4.98 Å². The van der Waals surface area contributed by atoms with Crippen LogP contribution in [-0.2, 0) is 16.1 Å². The summed E-state index contributed by atoms with van der Waals surface area (Å²) in [5.74, 6) is -0.110. The highest BCUT2D eigenvalue weighted by Crippen LogP contribution is 2.19. The molecule has 0 unspecified atom stereocenters. The number of hydrogen-bond donors (Lipinski definition) is 2. The molecule has 2 aliphatic heterocycles. The standard InChI is InChI=1S/C14H22N4O2S/c19-13(12-8-15-4-7-20-12)17-14-16-11(10-21-14)9-18-5-2-1-3-6-18/h10,12,15H,1-9H2,(H,16,17,19)/t12-/m1/s1. The lowest BCUT2D eigenvalue weighted by Crippen LogP contribution is -2.45. The van der Waals surface area contributed by atoms with Crippen molar-refractivity contribution in [3.05, 3.63) is 11.1 Å². The minimum Gasteiger partial charge on any atom is -0.366 e. The maximum Gasteiger partial charge on any atom is 0.256 e. The number of ether oxygens (including phenoxy) is 1. The van der Waals surface area contributed by atoms with Crippen LogP contribution in [0.5, 0.6) is 0 Å². The van der Waals surface area contributed by atoms with E-state index in [0.29, 0.717) is 18.3 Å². The maximum absolute atomic E-state index is 12.0. The summed E-state index contributed by atoms with van der Waals surface area (Å²) in [6, 6.07) is 0. The number of thiazole rings is 1. The number of amides is 1. The first-order valence-electron chi connectivity index (χ1n) is 7.61. The zero-order chi connectivity index (χ0) is 14.5. The third kappa shape index (κ3) is 4.23. The van der Waals surface area contributed by atoms with Crippen LogP contribution in [0, 0.1) is 0 Å². The highest BCUT2D eigenvalue weighted by atomic mass is 32.1. The Hall–Kier alpha value is -1.02. The molecule has 3 rings (SSSR count). The molecule has 1 aromatic heterocycles. The lowest BCUT2D eigenvalue weighted by molar-refractivity contribution is -0.128. The van der Waals surface area contributed by atoms with Gasteiger partial charge in [-0.3, -0.25) is 15.0 Å². The van der Waals surface area contributed by atoms with E-state index in [1.807, 2.05) is 5.38 Å². The Morgan fingerprint density at radius 3 is 3.10 bits per heavy atom. The second-order valence-corrected chi connectivity index (χ2v) is 6.39. The van der Waals surface area contributed by atoms with Gasteiger partial charge in [0.15, 0.2) is 5.13 Å². The van der Waals surface area contributed by atoms with E-state index >= 15 is 0 Å². The highest BCUT2D eigenvalue weighted by Gasteiger charge is 2.22. The van der Waals surface area contributed by atoms with Crippen LogP contribution in [-0.4, -0.2) is 54.7 Å². The molecular formula is C14H22N4O2S. The topological polar surface area (TPSA) is 66.5 Å². The van der Waals surface area contributed by atoms with E-state index in [1.165, 1.54) is 30.6 Å². The molecule has 3 heterocycles. The number of likely N-dealkylation sites (tertiary alicyclic amines) is 1. The minimum absolute atomic E-state index is 0.110. The summed E-state index contributed by atoms with van der Waals surface area (Å²) in [5, 5.41) is 8.71. The number of hydrogen-bond acceptors (Lipinski definition) is 6. The van der Waals surface area contributed by atoms with E-state index in [1.54, 1.807) is 0 Å². The quantitative estimate of drug-likeness (QED) is 0.870. The predicted octanol–water partition coefficient (Wildman–Crippen LogP) is 1.06.